The Morgan fingerprint density at radius 2 is 2.14 bits per heavy atom. The normalized spacial score (nSPS) is 27.6. The van der Waals surface area contributed by atoms with Crippen molar-refractivity contribution in [3.63, 3.8) is 0 Å². The number of methoxy groups -OCH3 is 1. The molecule has 0 aliphatic heterocycles. The fourth-order valence-electron chi connectivity index (χ4n) is 3.24. The Balaban J connectivity index is 2.15. The summed E-state index contributed by atoms with van der Waals surface area (Å²) < 4.78 is 19.1. The fraction of sp³-hybridized carbons (Fsp3) is 0.625. The zero-order valence-corrected chi connectivity index (χ0v) is 13.4. The highest BCUT2D eigenvalue weighted by Gasteiger charge is 2.41. The number of nitrogens with one attached hydrogen (secondary N) is 1. The predicted octanol–water partition coefficient (Wildman–Crippen LogP) is 3.45. The van der Waals surface area contributed by atoms with Gasteiger partial charge in [-0.2, -0.15) is 0 Å². The van der Waals surface area contributed by atoms with Crippen molar-refractivity contribution < 1.29 is 9.13 Å². The lowest BCUT2D eigenvalue weighted by atomic mass is 9.74. The molecule has 1 aliphatic rings. The molecule has 1 atom stereocenters. The summed E-state index contributed by atoms with van der Waals surface area (Å²) in [5, 5.41) is 0.145. The molecular formula is C16H24ClFN2O. The zero-order chi connectivity index (χ0) is 15.5. The van der Waals surface area contributed by atoms with Crippen molar-refractivity contribution in [2.45, 2.75) is 50.7 Å². The van der Waals surface area contributed by atoms with Gasteiger partial charge in [0.2, 0.25) is 0 Å². The number of ether oxygens (including phenoxy) is 1. The van der Waals surface area contributed by atoms with E-state index in [1.807, 2.05) is 0 Å². The molecular weight excluding hydrogens is 291 g/mol. The fourth-order valence-corrected chi connectivity index (χ4v) is 3.45. The molecule has 0 aromatic heterocycles. The lowest BCUT2D eigenvalue weighted by molar-refractivity contribution is -0.0746. The van der Waals surface area contributed by atoms with Gasteiger partial charge in [0, 0.05) is 7.11 Å². The SMILES string of the molecule is COC1(C(Cc2ccc(F)c(Cl)c2)NN)CCC(C)CC1. The molecule has 1 unspecified atom stereocenters. The lowest BCUT2D eigenvalue weighted by Gasteiger charge is -2.44. The highest BCUT2D eigenvalue weighted by atomic mass is 35.5. The van der Waals surface area contributed by atoms with Crippen molar-refractivity contribution in [1.82, 2.24) is 5.43 Å². The van der Waals surface area contributed by atoms with Crippen LogP contribution in [0, 0.1) is 11.7 Å². The third-order valence-electron chi connectivity index (χ3n) is 4.79. The van der Waals surface area contributed by atoms with Crippen molar-refractivity contribution in [3.8, 4) is 0 Å². The maximum atomic E-state index is 13.3. The van der Waals surface area contributed by atoms with Crippen LogP contribution in [0.4, 0.5) is 4.39 Å². The molecule has 2 rings (SSSR count). The van der Waals surface area contributed by atoms with Crippen LogP contribution in [0.5, 0.6) is 0 Å². The minimum absolute atomic E-state index is 0.0171. The van der Waals surface area contributed by atoms with Gasteiger partial charge in [0.1, 0.15) is 5.82 Å². The summed E-state index contributed by atoms with van der Waals surface area (Å²) in [6.07, 6.45) is 4.90. The molecule has 1 aliphatic carbocycles. The number of hydrogen-bond acceptors (Lipinski definition) is 3. The number of nitrogens with two attached hydrogens (primary N) is 1. The third kappa shape index (κ3) is 3.75. The molecule has 1 aromatic carbocycles. The minimum Gasteiger partial charge on any atom is -0.377 e. The number of benzene rings is 1. The maximum absolute atomic E-state index is 13.3. The third-order valence-corrected chi connectivity index (χ3v) is 5.08. The van der Waals surface area contributed by atoms with Gasteiger partial charge in [0.05, 0.1) is 16.7 Å². The van der Waals surface area contributed by atoms with Crippen LogP contribution in [-0.4, -0.2) is 18.8 Å². The van der Waals surface area contributed by atoms with Crippen LogP contribution in [0.15, 0.2) is 18.2 Å². The Morgan fingerprint density at radius 1 is 1.48 bits per heavy atom. The molecule has 5 heteroatoms. The first-order chi connectivity index (χ1) is 10.0. The summed E-state index contributed by atoms with van der Waals surface area (Å²) in [4.78, 5) is 0. The van der Waals surface area contributed by atoms with Crippen LogP contribution in [0.3, 0.4) is 0 Å². The number of rotatable bonds is 5. The molecule has 3 N–H and O–H groups in total. The average molecular weight is 315 g/mol. The van der Waals surface area contributed by atoms with E-state index in [9.17, 15) is 4.39 Å². The van der Waals surface area contributed by atoms with E-state index in [0.717, 1.165) is 37.2 Å². The maximum Gasteiger partial charge on any atom is 0.141 e. The van der Waals surface area contributed by atoms with Crippen molar-refractivity contribution in [2.75, 3.05) is 7.11 Å². The second-order valence-electron chi connectivity index (χ2n) is 6.12. The molecule has 1 aromatic rings. The molecule has 0 radical (unpaired) electrons. The van der Waals surface area contributed by atoms with Gasteiger partial charge in [0.25, 0.3) is 0 Å². The molecule has 3 nitrogen and oxygen atoms in total. The number of hydrogen-bond donors (Lipinski definition) is 2. The monoisotopic (exact) mass is 314 g/mol. The molecule has 0 amide bonds. The topological polar surface area (TPSA) is 47.3 Å². The van der Waals surface area contributed by atoms with Gasteiger partial charge < -0.3 is 4.74 Å². The first kappa shape index (κ1) is 16.7. The van der Waals surface area contributed by atoms with Gasteiger partial charge in [-0.05, 0) is 55.7 Å². The van der Waals surface area contributed by atoms with Crippen LogP contribution in [-0.2, 0) is 11.2 Å². The molecule has 118 valence electrons. The standard InChI is InChI=1S/C16H24ClFN2O/c1-11-5-7-16(21-2,8-6-11)15(20-19)10-12-3-4-14(18)13(17)9-12/h3-4,9,11,15,20H,5-8,10,19H2,1-2H3. The van der Waals surface area contributed by atoms with Gasteiger partial charge in [-0.25, -0.2) is 4.39 Å². The Kier molecular flexibility index (Phi) is 5.60. The van der Waals surface area contributed by atoms with Crippen LogP contribution in [0.25, 0.3) is 0 Å². The number of halogens is 2. The second-order valence-corrected chi connectivity index (χ2v) is 6.53. The van der Waals surface area contributed by atoms with Crippen molar-refractivity contribution in [2.24, 2.45) is 11.8 Å². The Morgan fingerprint density at radius 3 is 2.67 bits per heavy atom. The van der Waals surface area contributed by atoms with Crippen LogP contribution in [0.1, 0.15) is 38.2 Å². The Bertz CT molecular complexity index is 475. The molecule has 21 heavy (non-hydrogen) atoms. The minimum atomic E-state index is -0.398. The summed E-state index contributed by atoms with van der Waals surface area (Å²) in [6.45, 7) is 2.27. The summed E-state index contributed by atoms with van der Waals surface area (Å²) in [7, 11) is 1.75. The molecule has 1 fully saturated rings. The largest absolute Gasteiger partial charge is 0.377 e. The van der Waals surface area contributed by atoms with E-state index in [2.05, 4.69) is 12.3 Å². The molecule has 1 saturated carbocycles. The van der Waals surface area contributed by atoms with Gasteiger partial charge >= 0.3 is 0 Å². The van der Waals surface area contributed by atoms with E-state index < -0.39 is 5.82 Å². The van der Waals surface area contributed by atoms with Gasteiger partial charge in [-0.3, -0.25) is 11.3 Å². The highest BCUT2D eigenvalue weighted by molar-refractivity contribution is 6.30. The van der Waals surface area contributed by atoms with E-state index in [-0.39, 0.29) is 16.7 Å². The first-order valence-electron chi connectivity index (χ1n) is 7.46. The Hall–Kier alpha value is -0.680. The molecule has 0 saturated heterocycles. The number of hydrazine groups is 1. The smallest absolute Gasteiger partial charge is 0.141 e. The average Bonchev–Trinajstić information content (AvgIpc) is 2.50. The summed E-state index contributed by atoms with van der Waals surface area (Å²) in [6, 6.07) is 4.79. The first-order valence-corrected chi connectivity index (χ1v) is 7.84. The predicted molar refractivity (Wildman–Crippen MR) is 83.6 cm³/mol. The van der Waals surface area contributed by atoms with Crippen LogP contribution >= 0.6 is 11.6 Å². The Labute approximate surface area is 131 Å². The van der Waals surface area contributed by atoms with E-state index in [4.69, 9.17) is 22.2 Å². The zero-order valence-electron chi connectivity index (χ0n) is 12.7. The van der Waals surface area contributed by atoms with Crippen molar-refractivity contribution in [3.05, 3.63) is 34.6 Å². The molecule has 0 bridgehead atoms. The van der Waals surface area contributed by atoms with E-state index in [0.29, 0.717) is 6.42 Å². The van der Waals surface area contributed by atoms with E-state index in [1.165, 1.54) is 6.07 Å². The quantitative estimate of drug-likeness (QED) is 0.646. The van der Waals surface area contributed by atoms with Crippen molar-refractivity contribution >= 4 is 11.6 Å². The molecule has 0 heterocycles. The van der Waals surface area contributed by atoms with Crippen LogP contribution in [0.2, 0.25) is 5.02 Å². The summed E-state index contributed by atoms with van der Waals surface area (Å²) in [5.74, 6) is 6.11. The van der Waals surface area contributed by atoms with Gasteiger partial charge in [-0.1, -0.05) is 24.6 Å². The lowest BCUT2D eigenvalue weighted by Crippen LogP contribution is -2.57. The van der Waals surface area contributed by atoms with Crippen molar-refractivity contribution in [1.29, 1.82) is 0 Å². The van der Waals surface area contributed by atoms with Crippen LogP contribution < -0.4 is 11.3 Å². The van der Waals surface area contributed by atoms with Gasteiger partial charge in [-0.15, -0.1) is 0 Å². The summed E-state index contributed by atoms with van der Waals surface area (Å²) in [5.41, 5.74) is 3.60. The van der Waals surface area contributed by atoms with E-state index in [1.54, 1.807) is 19.2 Å². The van der Waals surface area contributed by atoms with E-state index >= 15 is 0 Å². The van der Waals surface area contributed by atoms with Gasteiger partial charge in [0.15, 0.2) is 0 Å². The summed E-state index contributed by atoms with van der Waals surface area (Å²) >= 11 is 5.86. The second kappa shape index (κ2) is 7.05. The molecule has 0 spiro atoms. The highest BCUT2D eigenvalue weighted by Crippen LogP contribution is 2.37.